The van der Waals surface area contributed by atoms with Gasteiger partial charge in [-0.1, -0.05) is 6.07 Å². The Balaban J connectivity index is 2.13. The Morgan fingerprint density at radius 2 is 1.95 bits per heavy atom. The summed E-state index contributed by atoms with van der Waals surface area (Å²) in [6.45, 7) is 0.872. The molecule has 0 fully saturated rings. The molecule has 0 unspecified atom stereocenters. The number of likely N-dealkylation sites (N-methyl/N-ethyl adjacent to an activating group) is 1. The fourth-order valence-corrected chi connectivity index (χ4v) is 2.33. The zero-order chi connectivity index (χ0) is 13.9. The summed E-state index contributed by atoms with van der Waals surface area (Å²) in [4.78, 5) is 4.73. The molecule has 0 aliphatic carbocycles. The highest BCUT2D eigenvalue weighted by molar-refractivity contribution is 5.77. The molecule has 0 atom stereocenters. The third-order valence-electron chi connectivity index (χ3n) is 3.34. The average molecular weight is 269 g/mol. The molecule has 0 aliphatic heterocycles. The van der Waals surface area contributed by atoms with Crippen LogP contribution in [0.2, 0.25) is 0 Å². The lowest BCUT2D eigenvalue weighted by atomic mass is 10.1. The lowest BCUT2D eigenvalue weighted by Gasteiger charge is -2.00. The molecule has 1 aromatic carbocycles. The second-order valence-corrected chi connectivity index (χ2v) is 4.69. The van der Waals surface area contributed by atoms with Gasteiger partial charge in [-0.2, -0.15) is 0 Å². The maximum Gasteiger partial charge on any atom is 0.123 e. The van der Waals surface area contributed by atoms with Crippen LogP contribution in [0.1, 0.15) is 5.82 Å². The van der Waals surface area contributed by atoms with Crippen LogP contribution < -0.4 is 5.32 Å². The minimum absolute atomic E-state index is 0.229. The first-order valence-electron chi connectivity index (χ1n) is 6.66. The number of rotatable bonds is 4. The van der Waals surface area contributed by atoms with E-state index in [1.807, 2.05) is 31.4 Å². The van der Waals surface area contributed by atoms with Crippen molar-refractivity contribution in [2.45, 2.75) is 6.42 Å². The van der Waals surface area contributed by atoms with Gasteiger partial charge in [0.05, 0.1) is 11.2 Å². The van der Waals surface area contributed by atoms with Gasteiger partial charge < -0.3 is 9.72 Å². The van der Waals surface area contributed by atoms with Gasteiger partial charge in [-0.15, -0.1) is 0 Å². The minimum atomic E-state index is -0.229. The summed E-state index contributed by atoms with van der Waals surface area (Å²) in [5.41, 5.74) is 2.88. The van der Waals surface area contributed by atoms with Gasteiger partial charge in [0.2, 0.25) is 0 Å². The Labute approximate surface area is 117 Å². The Morgan fingerprint density at radius 1 is 1.15 bits per heavy atom. The number of halogens is 1. The number of fused-ring (bicyclic) bond motifs is 1. The highest BCUT2D eigenvalue weighted by Crippen LogP contribution is 2.25. The van der Waals surface area contributed by atoms with Crippen molar-refractivity contribution in [3.8, 4) is 11.3 Å². The molecule has 4 heteroatoms. The molecule has 0 radical (unpaired) electrons. The Morgan fingerprint density at radius 3 is 2.70 bits per heavy atom. The van der Waals surface area contributed by atoms with Crippen molar-refractivity contribution in [1.29, 1.82) is 0 Å². The van der Waals surface area contributed by atoms with Gasteiger partial charge >= 0.3 is 0 Å². The van der Waals surface area contributed by atoms with Gasteiger partial charge in [0, 0.05) is 24.7 Å². The number of aromatic nitrogens is 2. The number of nitrogens with one attached hydrogen (secondary N) is 1. The SMILES string of the molecule is CNCCc1nc(-c2ccc(F)cc2)c2ccccn12. The largest absolute Gasteiger partial charge is 0.319 e. The Kier molecular flexibility index (Phi) is 3.48. The van der Waals surface area contributed by atoms with E-state index in [2.05, 4.69) is 9.72 Å². The van der Waals surface area contributed by atoms with Crippen molar-refractivity contribution < 1.29 is 4.39 Å². The molecule has 1 N–H and O–H groups in total. The number of benzene rings is 1. The summed E-state index contributed by atoms with van der Waals surface area (Å²) in [5, 5.41) is 3.13. The Hall–Kier alpha value is -2.20. The van der Waals surface area contributed by atoms with Gasteiger partial charge in [0.15, 0.2) is 0 Å². The molecule has 20 heavy (non-hydrogen) atoms. The summed E-state index contributed by atoms with van der Waals surface area (Å²) in [6, 6.07) is 12.5. The standard InChI is InChI=1S/C16H16FN3/c1-18-10-9-15-19-16(12-5-7-13(17)8-6-12)14-4-2-3-11-20(14)15/h2-8,11,18H,9-10H2,1H3. The van der Waals surface area contributed by atoms with E-state index in [-0.39, 0.29) is 5.82 Å². The molecule has 3 aromatic rings. The maximum atomic E-state index is 13.1. The number of nitrogens with zero attached hydrogens (tertiary/aromatic N) is 2. The highest BCUT2D eigenvalue weighted by atomic mass is 19.1. The number of imidazole rings is 1. The van der Waals surface area contributed by atoms with Crippen LogP contribution in [0.15, 0.2) is 48.7 Å². The van der Waals surface area contributed by atoms with Gasteiger partial charge in [-0.3, -0.25) is 0 Å². The van der Waals surface area contributed by atoms with Crippen LogP contribution in [0.5, 0.6) is 0 Å². The molecular formula is C16H16FN3. The molecule has 3 rings (SSSR count). The third-order valence-corrected chi connectivity index (χ3v) is 3.34. The first kappa shape index (κ1) is 12.8. The summed E-state index contributed by atoms with van der Waals surface area (Å²) < 4.78 is 15.1. The molecule has 0 spiro atoms. The molecule has 3 nitrogen and oxygen atoms in total. The predicted molar refractivity (Wildman–Crippen MR) is 78.2 cm³/mol. The van der Waals surface area contributed by atoms with Crippen LogP contribution in [-0.2, 0) is 6.42 Å². The van der Waals surface area contributed by atoms with Crippen LogP contribution >= 0.6 is 0 Å². The fourth-order valence-electron chi connectivity index (χ4n) is 2.33. The summed E-state index contributed by atoms with van der Waals surface area (Å²) in [7, 11) is 1.93. The van der Waals surface area contributed by atoms with Crippen LogP contribution in [0.3, 0.4) is 0 Å². The maximum absolute atomic E-state index is 13.1. The molecule has 0 saturated carbocycles. The van der Waals surface area contributed by atoms with Crippen molar-refractivity contribution in [1.82, 2.24) is 14.7 Å². The summed E-state index contributed by atoms with van der Waals surface area (Å²) in [6.07, 6.45) is 2.86. The van der Waals surface area contributed by atoms with E-state index < -0.39 is 0 Å². The second kappa shape index (κ2) is 5.43. The van der Waals surface area contributed by atoms with E-state index in [1.165, 1.54) is 12.1 Å². The monoisotopic (exact) mass is 269 g/mol. The van der Waals surface area contributed by atoms with E-state index in [0.717, 1.165) is 35.6 Å². The zero-order valence-corrected chi connectivity index (χ0v) is 11.3. The van der Waals surface area contributed by atoms with Gasteiger partial charge in [0.25, 0.3) is 0 Å². The van der Waals surface area contributed by atoms with Crippen molar-refractivity contribution in [2.75, 3.05) is 13.6 Å². The van der Waals surface area contributed by atoms with Crippen LogP contribution in [0.25, 0.3) is 16.8 Å². The molecule has 0 amide bonds. The lowest BCUT2D eigenvalue weighted by molar-refractivity contribution is 0.628. The summed E-state index contributed by atoms with van der Waals surface area (Å²) >= 11 is 0. The fraction of sp³-hybridized carbons (Fsp3) is 0.188. The van der Waals surface area contributed by atoms with Gasteiger partial charge in [0.1, 0.15) is 11.6 Å². The first-order chi connectivity index (χ1) is 9.79. The minimum Gasteiger partial charge on any atom is -0.319 e. The van der Waals surface area contributed by atoms with E-state index in [1.54, 1.807) is 12.1 Å². The van der Waals surface area contributed by atoms with Gasteiger partial charge in [-0.25, -0.2) is 9.37 Å². The smallest absolute Gasteiger partial charge is 0.123 e. The second-order valence-electron chi connectivity index (χ2n) is 4.69. The van der Waals surface area contributed by atoms with Crippen molar-refractivity contribution in [2.24, 2.45) is 0 Å². The van der Waals surface area contributed by atoms with E-state index in [9.17, 15) is 4.39 Å². The lowest BCUT2D eigenvalue weighted by Crippen LogP contribution is -2.12. The quantitative estimate of drug-likeness (QED) is 0.789. The molecule has 0 aliphatic rings. The molecule has 2 heterocycles. The third kappa shape index (κ3) is 2.30. The molecule has 0 saturated heterocycles. The van der Waals surface area contributed by atoms with Crippen LogP contribution in [0.4, 0.5) is 4.39 Å². The molecule has 0 bridgehead atoms. The normalized spacial score (nSPS) is 11.1. The van der Waals surface area contributed by atoms with Crippen LogP contribution in [0, 0.1) is 5.82 Å². The first-order valence-corrected chi connectivity index (χ1v) is 6.66. The number of hydrogen-bond acceptors (Lipinski definition) is 2. The van der Waals surface area contributed by atoms with E-state index in [4.69, 9.17) is 4.98 Å². The summed E-state index contributed by atoms with van der Waals surface area (Å²) in [5.74, 6) is 0.780. The molecular weight excluding hydrogens is 253 g/mol. The number of hydrogen-bond donors (Lipinski definition) is 1. The highest BCUT2D eigenvalue weighted by Gasteiger charge is 2.11. The molecule has 2 aromatic heterocycles. The van der Waals surface area contributed by atoms with Gasteiger partial charge in [-0.05, 0) is 43.4 Å². The Bertz CT molecular complexity index is 716. The van der Waals surface area contributed by atoms with Crippen molar-refractivity contribution in [3.63, 3.8) is 0 Å². The topological polar surface area (TPSA) is 29.3 Å². The molecule has 102 valence electrons. The van der Waals surface area contributed by atoms with Crippen molar-refractivity contribution in [3.05, 3.63) is 60.3 Å². The average Bonchev–Trinajstić information content (AvgIpc) is 2.85. The zero-order valence-electron chi connectivity index (χ0n) is 11.3. The van der Waals surface area contributed by atoms with E-state index >= 15 is 0 Å². The van der Waals surface area contributed by atoms with E-state index in [0.29, 0.717) is 0 Å². The predicted octanol–water partition coefficient (Wildman–Crippen LogP) is 2.90. The van der Waals surface area contributed by atoms with Crippen molar-refractivity contribution >= 4 is 5.52 Å². The van der Waals surface area contributed by atoms with Crippen LogP contribution in [-0.4, -0.2) is 23.0 Å². The number of pyridine rings is 1.